The summed E-state index contributed by atoms with van der Waals surface area (Å²) in [6.45, 7) is 4.11. The van der Waals surface area contributed by atoms with E-state index in [1.807, 2.05) is 13.8 Å². The van der Waals surface area contributed by atoms with E-state index in [2.05, 4.69) is 9.97 Å². The third-order valence-corrected chi connectivity index (χ3v) is 4.13. The van der Waals surface area contributed by atoms with Gasteiger partial charge < -0.3 is 4.74 Å². The summed E-state index contributed by atoms with van der Waals surface area (Å²) >= 11 is 0. The van der Waals surface area contributed by atoms with E-state index in [1.54, 1.807) is 16.7 Å². The van der Waals surface area contributed by atoms with Crippen LogP contribution in [0.4, 0.5) is 4.39 Å². The number of ether oxygens (including phenoxy) is 1. The summed E-state index contributed by atoms with van der Waals surface area (Å²) in [6.07, 6.45) is 0.542. The summed E-state index contributed by atoms with van der Waals surface area (Å²) in [5, 5.41) is 0. The minimum Gasteiger partial charge on any atom is -0.478 e. The molecule has 1 aliphatic heterocycles. The van der Waals surface area contributed by atoms with Gasteiger partial charge in [0.25, 0.3) is 0 Å². The summed E-state index contributed by atoms with van der Waals surface area (Å²) < 4.78 is 20.7. The Kier molecular flexibility index (Phi) is 2.94. The van der Waals surface area contributed by atoms with Crippen LogP contribution in [0.15, 0.2) is 29.1 Å². The molecule has 0 amide bonds. The maximum Gasteiger partial charge on any atom is 0.216 e. The zero-order valence-electron chi connectivity index (χ0n) is 12.8. The van der Waals surface area contributed by atoms with Crippen LogP contribution in [0.2, 0.25) is 0 Å². The van der Waals surface area contributed by atoms with Crippen molar-refractivity contribution in [2.75, 3.05) is 6.61 Å². The van der Waals surface area contributed by atoms with Crippen LogP contribution in [0.1, 0.15) is 17.0 Å². The molecule has 23 heavy (non-hydrogen) atoms. The maximum atomic E-state index is 13.3. The second kappa shape index (κ2) is 4.87. The molecule has 1 aliphatic rings. The van der Waals surface area contributed by atoms with Crippen molar-refractivity contribution >= 4 is 11.2 Å². The smallest absolute Gasteiger partial charge is 0.216 e. The highest BCUT2D eigenvalue weighted by molar-refractivity contribution is 5.76. The summed E-state index contributed by atoms with van der Waals surface area (Å²) in [6, 6.07) is 6.01. The fraction of sp³-hybridized carbons (Fsp3) is 0.235. The molecule has 0 saturated carbocycles. The van der Waals surface area contributed by atoms with E-state index >= 15 is 0 Å². The molecular weight excluding hydrogens is 297 g/mol. The minimum absolute atomic E-state index is 0.138. The highest BCUT2D eigenvalue weighted by Crippen LogP contribution is 2.30. The lowest BCUT2D eigenvalue weighted by Crippen LogP contribution is -2.16. The molecule has 0 atom stereocenters. The van der Waals surface area contributed by atoms with Crippen molar-refractivity contribution in [1.82, 2.24) is 14.5 Å². The highest BCUT2D eigenvalue weighted by Gasteiger charge is 2.25. The average molecular weight is 311 g/mol. The lowest BCUT2D eigenvalue weighted by atomic mass is 10.2. The van der Waals surface area contributed by atoms with Gasteiger partial charge in [0, 0.05) is 6.42 Å². The molecular formula is C17H14FN3O2. The first kappa shape index (κ1) is 13.9. The third-order valence-electron chi connectivity index (χ3n) is 4.13. The Balaban J connectivity index is 2.17. The molecule has 4 rings (SSSR count). The van der Waals surface area contributed by atoms with E-state index in [4.69, 9.17) is 4.74 Å². The number of aryl methyl sites for hydroxylation is 2. The molecule has 3 heterocycles. The quantitative estimate of drug-likeness (QED) is 0.693. The molecule has 0 unspecified atom stereocenters. The molecule has 3 aromatic rings. The van der Waals surface area contributed by atoms with E-state index in [0.717, 1.165) is 11.4 Å². The van der Waals surface area contributed by atoms with Crippen LogP contribution in [-0.2, 0) is 6.42 Å². The number of pyridine rings is 1. The van der Waals surface area contributed by atoms with Gasteiger partial charge >= 0.3 is 0 Å². The molecule has 116 valence electrons. The number of benzene rings is 1. The van der Waals surface area contributed by atoms with Crippen LogP contribution in [0.25, 0.3) is 16.9 Å². The fourth-order valence-corrected chi connectivity index (χ4v) is 2.82. The predicted octanol–water partition coefficient (Wildman–Crippen LogP) is 2.47. The number of halogens is 1. The Morgan fingerprint density at radius 1 is 1.13 bits per heavy atom. The lowest BCUT2D eigenvalue weighted by molar-refractivity contribution is 0.338. The van der Waals surface area contributed by atoms with Gasteiger partial charge in [0.2, 0.25) is 11.3 Å². The maximum absolute atomic E-state index is 13.3. The number of nitrogens with zero attached hydrogens (tertiary/aromatic N) is 3. The van der Waals surface area contributed by atoms with Gasteiger partial charge in [-0.15, -0.1) is 0 Å². The van der Waals surface area contributed by atoms with E-state index < -0.39 is 0 Å². The van der Waals surface area contributed by atoms with Crippen LogP contribution < -0.4 is 10.2 Å². The first-order valence-electron chi connectivity index (χ1n) is 7.38. The monoisotopic (exact) mass is 311 g/mol. The number of rotatable bonds is 1. The van der Waals surface area contributed by atoms with E-state index in [0.29, 0.717) is 41.3 Å². The summed E-state index contributed by atoms with van der Waals surface area (Å²) in [5.41, 5.74) is 3.37. The Bertz CT molecular complexity index is 994. The molecule has 0 aliphatic carbocycles. The normalized spacial score (nSPS) is 13.2. The van der Waals surface area contributed by atoms with Crippen LogP contribution in [0, 0.1) is 19.7 Å². The first-order valence-corrected chi connectivity index (χ1v) is 7.38. The number of fused-ring (bicyclic) bond motifs is 2. The van der Waals surface area contributed by atoms with Gasteiger partial charge in [0.05, 0.1) is 29.2 Å². The van der Waals surface area contributed by atoms with E-state index in [-0.39, 0.29) is 11.2 Å². The number of hydrogen-bond acceptors (Lipinski definition) is 4. The van der Waals surface area contributed by atoms with Crippen LogP contribution >= 0.6 is 0 Å². The summed E-state index contributed by atoms with van der Waals surface area (Å²) in [7, 11) is 0. The van der Waals surface area contributed by atoms with E-state index in [9.17, 15) is 9.18 Å². The van der Waals surface area contributed by atoms with Crippen molar-refractivity contribution < 1.29 is 9.13 Å². The molecule has 0 bridgehead atoms. The van der Waals surface area contributed by atoms with Gasteiger partial charge in [-0.05, 0) is 38.1 Å². The molecule has 0 saturated heterocycles. The third kappa shape index (κ3) is 2.02. The van der Waals surface area contributed by atoms with Crippen LogP contribution in [0.5, 0.6) is 5.88 Å². The van der Waals surface area contributed by atoms with Crippen LogP contribution in [0.3, 0.4) is 0 Å². The predicted molar refractivity (Wildman–Crippen MR) is 83.8 cm³/mol. The molecule has 6 heteroatoms. The van der Waals surface area contributed by atoms with Gasteiger partial charge in [-0.1, -0.05) is 0 Å². The second-order valence-electron chi connectivity index (χ2n) is 5.59. The van der Waals surface area contributed by atoms with Crippen LogP contribution in [-0.4, -0.2) is 21.1 Å². The standard InChI is InChI=1S/C17H14FN3O2/c1-9-10(2)20-16-14(19-9)15(22)13-7-8-23-17(13)21(16)12-5-3-11(18)4-6-12/h3-6H,7-8H2,1-2H3. The molecule has 0 radical (unpaired) electrons. The topological polar surface area (TPSA) is 57.0 Å². The zero-order chi connectivity index (χ0) is 16.1. The Labute approximate surface area is 131 Å². The number of aromatic nitrogens is 3. The fourth-order valence-electron chi connectivity index (χ4n) is 2.82. The lowest BCUT2D eigenvalue weighted by Gasteiger charge is -2.15. The largest absolute Gasteiger partial charge is 0.478 e. The molecule has 0 fully saturated rings. The van der Waals surface area contributed by atoms with Gasteiger partial charge in [-0.3, -0.25) is 9.36 Å². The average Bonchev–Trinajstić information content (AvgIpc) is 3.01. The van der Waals surface area contributed by atoms with Gasteiger partial charge in [0.1, 0.15) is 5.82 Å². The van der Waals surface area contributed by atoms with Gasteiger partial charge in [-0.25, -0.2) is 14.4 Å². The first-order chi connectivity index (χ1) is 11.1. The molecule has 2 aromatic heterocycles. The van der Waals surface area contributed by atoms with Gasteiger partial charge in [0.15, 0.2) is 11.2 Å². The molecule has 5 nitrogen and oxygen atoms in total. The Hall–Kier alpha value is -2.76. The van der Waals surface area contributed by atoms with Crippen molar-refractivity contribution in [2.45, 2.75) is 20.3 Å². The zero-order valence-corrected chi connectivity index (χ0v) is 12.8. The van der Waals surface area contributed by atoms with Gasteiger partial charge in [-0.2, -0.15) is 0 Å². The summed E-state index contributed by atoms with van der Waals surface area (Å²) in [5.74, 6) is 0.154. The Morgan fingerprint density at radius 2 is 1.83 bits per heavy atom. The molecule has 0 spiro atoms. The van der Waals surface area contributed by atoms with E-state index in [1.165, 1.54) is 12.1 Å². The second-order valence-corrected chi connectivity index (χ2v) is 5.59. The van der Waals surface area contributed by atoms with Crippen molar-refractivity contribution in [1.29, 1.82) is 0 Å². The van der Waals surface area contributed by atoms with Crippen molar-refractivity contribution in [3.8, 4) is 11.6 Å². The highest BCUT2D eigenvalue weighted by atomic mass is 19.1. The Morgan fingerprint density at radius 3 is 2.57 bits per heavy atom. The van der Waals surface area contributed by atoms with Crippen molar-refractivity contribution in [3.05, 3.63) is 57.3 Å². The van der Waals surface area contributed by atoms with Crippen molar-refractivity contribution in [3.63, 3.8) is 0 Å². The molecule has 0 N–H and O–H groups in total. The summed E-state index contributed by atoms with van der Waals surface area (Å²) in [4.78, 5) is 21.6. The van der Waals surface area contributed by atoms with Crippen molar-refractivity contribution in [2.24, 2.45) is 0 Å². The number of hydrogen-bond donors (Lipinski definition) is 0. The molecule has 1 aromatic carbocycles. The SMILES string of the molecule is Cc1nc2c(=O)c3c(n(-c4ccc(F)cc4)c2nc1C)OCC3. The minimum atomic E-state index is -0.324.